The number of nitrogens with two attached hydrogens (primary N) is 1. The molecule has 0 spiro atoms. The first kappa shape index (κ1) is 13.9. The molecule has 1 aromatic heterocycles. The maximum Gasteiger partial charge on any atom is 0.278 e. The van der Waals surface area contributed by atoms with E-state index in [0.717, 1.165) is 0 Å². The van der Waals surface area contributed by atoms with Crippen LogP contribution in [0.2, 0.25) is 0 Å². The van der Waals surface area contributed by atoms with Gasteiger partial charge in [-0.15, -0.1) is 0 Å². The highest BCUT2D eigenvalue weighted by Crippen LogP contribution is 2.28. The number of anilines is 2. The highest BCUT2D eigenvalue weighted by atomic mass is 16.5. The quantitative estimate of drug-likeness (QED) is 0.922. The van der Waals surface area contributed by atoms with Gasteiger partial charge in [-0.1, -0.05) is 12.1 Å². The molecule has 0 saturated heterocycles. The van der Waals surface area contributed by atoms with E-state index in [2.05, 4.69) is 5.10 Å². The molecule has 6 nitrogen and oxygen atoms in total. The molecule has 106 valence electrons. The van der Waals surface area contributed by atoms with Gasteiger partial charge < -0.3 is 15.4 Å². The average molecular weight is 274 g/mol. The van der Waals surface area contributed by atoms with Gasteiger partial charge in [0, 0.05) is 13.6 Å². The van der Waals surface area contributed by atoms with Crippen LogP contribution in [0, 0.1) is 0 Å². The number of rotatable bonds is 4. The Kier molecular flexibility index (Phi) is 3.93. The number of methoxy groups -OCH3 is 1. The number of hydrogen-bond donors (Lipinski definition) is 1. The van der Waals surface area contributed by atoms with Gasteiger partial charge in [-0.3, -0.25) is 9.48 Å². The van der Waals surface area contributed by atoms with E-state index in [1.165, 1.54) is 11.1 Å². The number of amides is 1. The molecule has 0 radical (unpaired) electrons. The van der Waals surface area contributed by atoms with E-state index >= 15 is 0 Å². The van der Waals surface area contributed by atoms with Gasteiger partial charge in [0.2, 0.25) is 0 Å². The number of aromatic nitrogens is 2. The molecule has 2 N–H and O–H groups in total. The molecule has 2 rings (SSSR count). The van der Waals surface area contributed by atoms with Gasteiger partial charge in [0.25, 0.3) is 5.91 Å². The number of nitrogens with zero attached hydrogens (tertiary/aromatic N) is 3. The molecular weight excluding hydrogens is 256 g/mol. The molecule has 1 heterocycles. The normalized spacial score (nSPS) is 10.3. The maximum absolute atomic E-state index is 12.6. The van der Waals surface area contributed by atoms with Crippen LogP contribution in [0.5, 0.6) is 5.75 Å². The summed E-state index contributed by atoms with van der Waals surface area (Å²) in [7, 11) is 3.26. The zero-order valence-electron chi connectivity index (χ0n) is 11.8. The lowest BCUT2D eigenvalue weighted by Crippen LogP contribution is -2.29. The van der Waals surface area contributed by atoms with Crippen LogP contribution in [0.15, 0.2) is 30.5 Å². The molecule has 0 atom stereocenters. The number of nitrogen functional groups attached to an aromatic ring is 1. The summed E-state index contributed by atoms with van der Waals surface area (Å²) in [5.41, 5.74) is 7.29. The third-order valence-corrected chi connectivity index (χ3v) is 3.12. The van der Waals surface area contributed by atoms with Crippen molar-refractivity contribution in [2.24, 2.45) is 0 Å². The fraction of sp³-hybridized carbons (Fsp3) is 0.286. The standard InChI is InChI=1S/C14H18N4O2/c1-4-18-13(10(15)9-16-18)14(19)17(2)11-7-5-6-8-12(11)20-3/h5-9H,4,15H2,1-3H3. The van der Waals surface area contributed by atoms with E-state index in [1.54, 1.807) is 24.9 Å². The Balaban J connectivity index is 2.40. The average Bonchev–Trinajstić information content (AvgIpc) is 2.86. The second-order valence-corrected chi connectivity index (χ2v) is 4.30. The zero-order valence-corrected chi connectivity index (χ0v) is 11.8. The van der Waals surface area contributed by atoms with Crippen molar-refractivity contribution in [3.05, 3.63) is 36.2 Å². The van der Waals surface area contributed by atoms with E-state index in [9.17, 15) is 4.79 Å². The number of aryl methyl sites for hydroxylation is 1. The molecule has 6 heteroatoms. The Bertz CT molecular complexity index is 621. The third-order valence-electron chi connectivity index (χ3n) is 3.12. The van der Waals surface area contributed by atoms with Crippen LogP contribution in [0.1, 0.15) is 17.4 Å². The van der Waals surface area contributed by atoms with Crippen molar-refractivity contribution >= 4 is 17.3 Å². The zero-order chi connectivity index (χ0) is 14.7. The monoisotopic (exact) mass is 274 g/mol. The maximum atomic E-state index is 12.6. The minimum atomic E-state index is -0.216. The molecular formula is C14H18N4O2. The number of ether oxygens (including phenoxy) is 1. The summed E-state index contributed by atoms with van der Waals surface area (Å²) >= 11 is 0. The first-order valence-electron chi connectivity index (χ1n) is 6.32. The first-order valence-corrected chi connectivity index (χ1v) is 6.32. The van der Waals surface area contributed by atoms with Crippen LogP contribution in [0.4, 0.5) is 11.4 Å². The smallest absolute Gasteiger partial charge is 0.278 e. The van der Waals surface area contributed by atoms with Crippen molar-refractivity contribution in [2.45, 2.75) is 13.5 Å². The summed E-state index contributed by atoms with van der Waals surface area (Å²) in [6, 6.07) is 7.33. The second kappa shape index (κ2) is 5.64. The molecule has 0 unspecified atom stereocenters. The Morgan fingerprint density at radius 3 is 2.80 bits per heavy atom. The lowest BCUT2D eigenvalue weighted by molar-refractivity contribution is 0.0983. The lowest BCUT2D eigenvalue weighted by atomic mass is 10.2. The van der Waals surface area contributed by atoms with Crippen LogP contribution in [0.3, 0.4) is 0 Å². The van der Waals surface area contributed by atoms with Crippen molar-refractivity contribution in [3.63, 3.8) is 0 Å². The van der Waals surface area contributed by atoms with Crippen LogP contribution in [-0.2, 0) is 6.54 Å². The van der Waals surface area contributed by atoms with Crippen molar-refractivity contribution in [1.82, 2.24) is 9.78 Å². The summed E-state index contributed by atoms with van der Waals surface area (Å²) in [6.07, 6.45) is 1.49. The molecule has 1 amide bonds. The van der Waals surface area contributed by atoms with Gasteiger partial charge in [-0.2, -0.15) is 5.10 Å². The van der Waals surface area contributed by atoms with Gasteiger partial charge in [0.1, 0.15) is 11.4 Å². The molecule has 20 heavy (non-hydrogen) atoms. The van der Waals surface area contributed by atoms with Crippen molar-refractivity contribution < 1.29 is 9.53 Å². The number of carbonyl (C=O) groups excluding carboxylic acids is 1. The molecule has 0 saturated carbocycles. The minimum absolute atomic E-state index is 0.216. The Labute approximate surface area is 117 Å². The van der Waals surface area contributed by atoms with Gasteiger partial charge >= 0.3 is 0 Å². The van der Waals surface area contributed by atoms with Crippen molar-refractivity contribution in [3.8, 4) is 5.75 Å². The van der Waals surface area contributed by atoms with Crippen LogP contribution in [0.25, 0.3) is 0 Å². The number of hydrogen-bond acceptors (Lipinski definition) is 4. The largest absolute Gasteiger partial charge is 0.495 e. The lowest BCUT2D eigenvalue weighted by Gasteiger charge is -2.20. The highest BCUT2D eigenvalue weighted by molar-refractivity contribution is 6.08. The van der Waals surface area contributed by atoms with E-state index < -0.39 is 0 Å². The number of para-hydroxylation sites is 2. The molecule has 0 bridgehead atoms. The van der Waals surface area contributed by atoms with Crippen LogP contribution in [-0.4, -0.2) is 29.8 Å². The summed E-state index contributed by atoms with van der Waals surface area (Å²) in [5.74, 6) is 0.413. The predicted octanol–water partition coefficient (Wildman–Crippen LogP) is 1.77. The van der Waals surface area contributed by atoms with E-state index in [0.29, 0.717) is 29.4 Å². The minimum Gasteiger partial charge on any atom is -0.495 e. The predicted molar refractivity (Wildman–Crippen MR) is 78.0 cm³/mol. The second-order valence-electron chi connectivity index (χ2n) is 4.30. The molecule has 0 aliphatic rings. The van der Waals surface area contributed by atoms with Crippen LogP contribution >= 0.6 is 0 Å². The van der Waals surface area contributed by atoms with Crippen molar-refractivity contribution in [1.29, 1.82) is 0 Å². The molecule has 0 aliphatic carbocycles. The summed E-state index contributed by atoms with van der Waals surface area (Å²) in [5, 5.41) is 4.09. The van der Waals surface area contributed by atoms with E-state index in [4.69, 9.17) is 10.5 Å². The Morgan fingerprint density at radius 1 is 1.45 bits per heavy atom. The van der Waals surface area contributed by atoms with E-state index in [1.807, 2.05) is 25.1 Å². The third kappa shape index (κ3) is 2.32. The van der Waals surface area contributed by atoms with Gasteiger partial charge in [0.15, 0.2) is 0 Å². The van der Waals surface area contributed by atoms with Gasteiger partial charge in [-0.25, -0.2) is 0 Å². The SMILES string of the molecule is CCn1ncc(N)c1C(=O)N(C)c1ccccc1OC. The molecule has 2 aromatic rings. The number of benzene rings is 1. The van der Waals surface area contributed by atoms with Crippen molar-refractivity contribution in [2.75, 3.05) is 24.8 Å². The molecule has 0 fully saturated rings. The fourth-order valence-electron chi connectivity index (χ4n) is 2.05. The van der Waals surface area contributed by atoms with Crippen LogP contribution < -0.4 is 15.4 Å². The Hall–Kier alpha value is -2.50. The Morgan fingerprint density at radius 2 is 2.15 bits per heavy atom. The summed E-state index contributed by atoms with van der Waals surface area (Å²) in [6.45, 7) is 2.49. The highest BCUT2D eigenvalue weighted by Gasteiger charge is 2.22. The fourth-order valence-corrected chi connectivity index (χ4v) is 2.05. The summed E-state index contributed by atoms with van der Waals surface area (Å²) in [4.78, 5) is 14.1. The first-order chi connectivity index (χ1) is 9.60. The van der Waals surface area contributed by atoms with Gasteiger partial charge in [0.05, 0.1) is 24.7 Å². The number of carbonyl (C=O) groups is 1. The topological polar surface area (TPSA) is 73.4 Å². The molecule has 1 aromatic carbocycles. The van der Waals surface area contributed by atoms with E-state index in [-0.39, 0.29) is 5.91 Å². The summed E-state index contributed by atoms with van der Waals surface area (Å²) < 4.78 is 6.86. The molecule has 0 aliphatic heterocycles. The van der Waals surface area contributed by atoms with Gasteiger partial charge in [-0.05, 0) is 19.1 Å².